The Morgan fingerprint density at radius 1 is 1.26 bits per heavy atom. The minimum atomic E-state index is 0.544. The Labute approximate surface area is 122 Å². The molecule has 19 heavy (non-hydrogen) atoms. The zero-order chi connectivity index (χ0) is 13.8. The molecular weight excluding hydrogens is 250 g/mol. The maximum atomic E-state index is 3.76. The molecule has 3 atom stereocenters. The van der Waals surface area contributed by atoms with Crippen molar-refractivity contribution in [2.75, 3.05) is 6.54 Å². The van der Waals surface area contributed by atoms with Crippen LogP contribution in [0.3, 0.4) is 0 Å². The summed E-state index contributed by atoms with van der Waals surface area (Å²) in [5.74, 6) is 0.750. The van der Waals surface area contributed by atoms with Crippen LogP contribution in [0.2, 0.25) is 0 Å². The first-order chi connectivity index (χ1) is 9.13. The van der Waals surface area contributed by atoms with Gasteiger partial charge < -0.3 is 5.32 Å². The van der Waals surface area contributed by atoms with Gasteiger partial charge in [-0.05, 0) is 36.4 Å². The van der Waals surface area contributed by atoms with E-state index in [0.717, 1.165) is 17.7 Å². The number of hydrogen-bond acceptors (Lipinski definition) is 2. The Kier molecular flexibility index (Phi) is 5.35. The second kappa shape index (κ2) is 6.81. The number of thioether (sulfide) groups is 1. The van der Waals surface area contributed by atoms with E-state index in [0.29, 0.717) is 11.3 Å². The van der Waals surface area contributed by atoms with E-state index >= 15 is 0 Å². The maximum Gasteiger partial charge on any atom is 0.0446 e. The van der Waals surface area contributed by atoms with Crippen molar-refractivity contribution in [2.45, 2.75) is 57.1 Å². The summed E-state index contributed by atoms with van der Waals surface area (Å²) in [6.07, 6.45) is 2.43. The minimum absolute atomic E-state index is 0.544. The average Bonchev–Trinajstić information content (AvgIpc) is 2.73. The molecule has 106 valence electrons. The molecule has 1 aliphatic rings. The lowest BCUT2D eigenvalue weighted by atomic mass is 10.1. The highest BCUT2D eigenvalue weighted by Crippen LogP contribution is 2.41. The molecule has 0 bridgehead atoms. The van der Waals surface area contributed by atoms with Crippen molar-refractivity contribution >= 4 is 11.8 Å². The summed E-state index contributed by atoms with van der Waals surface area (Å²) >= 11 is 2.17. The number of hydrogen-bond donors (Lipinski definition) is 1. The van der Waals surface area contributed by atoms with Crippen LogP contribution in [-0.2, 0) is 6.42 Å². The summed E-state index contributed by atoms with van der Waals surface area (Å²) in [7, 11) is 0. The summed E-state index contributed by atoms with van der Waals surface area (Å²) in [4.78, 5) is 0. The fourth-order valence-electron chi connectivity index (χ4n) is 2.66. The second-order valence-electron chi connectivity index (χ2n) is 5.96. The van der Waals surface area contributed by atoms with Crippen LogP contribution < -0.4 is 5.32 Å². The minimum Gasteiger partial charge on any atom is -0.309 e. The monoisotopic (exact) mass is 277 g/mol. The molecule has 0 heterocycles. The standard InChI is InChI=1S/C17H27NS/c1-5-10-18-17-15-9-7-6-8-14(15)11-16(17)19-13(4)12(2)3/h6-9,12-13,16-18H,5,10-11H2,1-4H3. The highest BCUT2D eigenvalue weighted by atomic mass is 32.2. The van der Waals surface area contributed by atoms with Gasteiger partial charge in [-0.25, -0.2) is 0 Å². The van der Waals surface area contributed by atoms with E-state index in [1.165, 1.54) is 18.4 Å². The summed E-state index contributed by atoms with van der Waals surface area (Å²) in [6, 6.07) is 9.51. The first kappa shape index (κ1) is 14.9. The van der Waals surface area contributed by atoms with Gasteiger partial charge in [-0.2, -0.15) is 11.8 Å². The van der Waals surface area contributed by atoms with E-state index in [1.54, 1.807) is 5.56 Å². The predicted octanol–water partition coefficient (Wildman–Crippen LogP) is 4.43. The number of rotatable bonds is 6. The molecule has 0 spiro atoms. The zero-order valence-corrected chi connectivity index (χ0v) is 13.5. The highest BCUT2D eigenvalue weighted by Gasteiger charge is 2.33. The summed E-state index contributed by atoms with van der Waals surface area (Å²) < 4.78 is 0. The van der Waals surface area contributed by atoms with Crippen LogP contribution >= 0.6 is 11.8 Å². The van der Waals surface area contributed by atoms with Crippen LogP contribution in [0.15, 0.2) is 24.3 Å². The zero-order valence-electron chi connectivity index (χ0n) is 12.6. The van der Waals surface area contributed by atoms with Gasteiger partial charge in [0.15, 0.2) is 0 Å². The van der Waals surface area contributed by atoms with Crippen molar-refractivity contribution in [3.8, 4) is 0 Å². The summed E-state index contributed by atoms with van der Waals surface area (Å²) in [5.41, 5.74) is 3.08. The lowest BCUT2D eigenvalue weighted by Crippen LogP contribution is -2.29. The summed E-state index contributed by atoms with van der Waals surface area (Å²) in [5, 5.41) is 5.18. The maximum absolute atomic E-state index is 3.76. The van der Waals surface area contributed by atoms with Crippen LogP contribution in [0, 0.1) is 5.92 Å². The van der Waals surface area contributed by atoms with Crippen molar-refractivity contribution in [2.24, 2.45) is 5.92 Å². The van der Waals surface area contributed by atoms with Gasteiger partial charge in [0.2, 0.25) is 0 Å². The number of nitrogens with one attached hydrogen (secondary N) is 1. The quantitative estimate of drug-likeness (QED) is 0.825. The van der Waals surface area contributed by atoms with Crippen molar-refractivity contribution in [1.82, 2.24) is 5.32 Å². The Balaban J connectivity index is 2.11. The molecule has 1 aromatic carbocycles. The third-order valence-electron chi connectivity index (χ3n) is 4.13. The Morgan fingerprint density at radius 2 is 2.00 bits per heavy atom. The molecule has 0 amide bonds. The predicted molar refractivity (Wildman–Crippen MR) is 86.9 cm³/mol. The Morgan fingerprint density at radius 3 is 2.68 bits per heavy atom. The van der Waals surface area contributed by atoms with E-state index in [9.17, 15) is 0 Å². The van der Waals surface area contributed by atoms with Crippen LogP contribution in [0.1, 0.15) is 51.3 Å². The van der Waals surface area contributed by atoms with Gasteiger partial charge in [0.05, 0.1) is 0 Å². The van der Waals surface area contributed by atoms with E-state index in [2.05, 4.69) is 69.0 Å². The fraction of sp³-hybridized carbons (Fsp3) is 0.647. The molecule has 0 saturated carbocycles. The first-order valence-corrected chi connectivity index (χ1v) is 8.54. The van der Waals surface area contributed by atoms with Gasteiger partial charge in [0.25, 0.3) is 0 Å². The normalized spacial score (nSPS) is 23.6. The molecule has 1 aliphatic carbocycles. The SMILES string of the molecule is CCCNC1c2ccccc2CC1SC(C)C(C)C. The molecule has 2 rings (SSSR count). The van der Waals surface area contributed by atoms with E-state index in [1.807, 2.05) is 0 Å². The van der Waals surface area contributed by atoms with E-state index < -0.39 is 0 Å². The average molecular weight is 277 g/mol. The first-order valence-electron chi connectivity index (χ1n) is 7.60. The number of benzene rings is 1. The molecule has 3 unspecified atom stereocenters. The topological polar surface area (TPSA) is 12.0 Å². The van der Waals surface area contributed by atoms with Crippen molar-refractivity contribution in [3.63, 3.8) is 0 Å². The molecule has 0 radical (unpaired) electrons. The smallest absolute Gasteiger partial charge is 0.0446 e. The van der Waals surface area contributed by atoms with Crippen LogP contribution in [0.25, 0.3) is 0 Å². The van der Waals surface area contributed by atoms with Gasteiger partial charge in [-0.15, -0.1) is 0 Å². The van der Waals surface area contributed by atoms with Crippen LogP contribution in [-0.4, -0.2) is 17.0 Å². The van der Waals surface area contributed by atoms with Crippen molar-refractivity contribution < 1.29 is 0 Å². The molecule has 0 fully saturated rings. The molecular formula is C17H27NS. The van der Waals surface area contributed by atoms with E-state index in [-0.39, 0.29) is 0 Å². The van der Waals surface area contributed by atoms with Gasteiger partial charge in [-0.3, -0.25) is 0 Å². The van der Waals surface area contributed by atoms with Crippen LogP contribution in [0.5, 0.6) is 0 Å². The second-order valence-corrected chi connectivity index (χ2v) is 7.58. The third kappa shape index (κ3) is 3.55. The lowest BCUT2D eigenvalue weighted by Gasteiger charge is -2.26. The Hall–Kier alpha value is -0.470. The molecule has 1 N–H and O–H groups in total. The van der Waals surface area contributed by atoms with Gasteiger partial charge >= 0.3 is 0 Å². The van der Waals surface area contributed by atoms with E-state index in [4.69, 9.17) is 0 Å². The fourth-order valence-corrected chi connectivity index (χ4v) is 4.20. The number of fused-ring (bicyclic) bond motifs is 1. The lowest BCUT2D eigenvalue weighted by molar-refractivity contribution is 0.534. The largest absolute Gasteiger partial charge is 0.309 e. The highest BCUT2D eigenvalue weighted by molar-refractivity contribution is 8.00. The molecule has 0 aliphatic heterocycles. The molecule has 2 heteroatoms. The van der Waals surface area contributed by atoms with Gasteiger partial charge in [-0.1, -0.05) is 52.0 Å². The molecule has 0 saturated heterocycles. The van der Waals surface area contributed by atoms with Crippen LogP contribution in [0.4, 0.5) is 0 Å². The molecule has 0 aromatic heterocycles. The molecule has 1 nitrogen and oxygen atoms in total. The third-order valence-corrected chi connectivity index (χ3v) is 5.89. The molecule has 1 aromatic rings. The van der Waals surface area contributed by atoms with Gasteiger partial charge in [0.1, 0.15) is 0 Å². The van der Waals surface area contributed by atoms with Crippen molar-refractivity contribution in [3.05, 3.63) is 35.4 Å². The van der Waals surface area contributed by atoms with Gasteiger partial charge in [0, 0.05) is 16.5 Å². The summed E-state index contributed by atoms with van der Waals surface area (Å²) in [6.45, 7) is 10.4. The Bertz CT molecular complexity index is 402. The van der Waals surface area contributed by atoms with Crippen molar-refractivity contribution in [1.29, 1.82) is 0 Å².